The van der Waals surface area contributed by atoms with E-state index >= 15 is 0 Å². The molecule has 1 fully saturated rings. The fourth-order valence-electron chi connectivity index (χ4n) is 3.35. The Kier molecular flexibility index (Phi) is 6.20. The highest BCUT2D eigenvalue weighted by molar-refractivity contribution is 5.89. The number of carbonyl (C=O) groups excluding carboxylic acids is 2. The summed E-state index contributed by atoms with van der Waals surface area (Å²) in [6, 6.07) is 7.69. The Balaban J connectivity index is 1.94. The lowest BCUT2D eigenvalue weighted by Gasteiger charge is -2.39. The molecule has 2 N–H and O–H groups in total. The van der Waals surface area contributed by atoms with Gasteiger partial charge < -0.3 is 20.4 Å². The number of nitrogens with one attached hydrogen (secondary N) is 2. The van der Waals surface area contributed by atoms with Gasteiger partial charge in [0.1, 0.15) is 0 Å². The third kappa shape index (κ3) is 4.71. The number of amides is 3. The van der Waals surface area contributed by atoms with E-state index in [4.69, 9.17) is 0 Å². The second kappa shape index (κ2) is 8.15. The van der Waals surface area contributed by atoms with Gasteiger partial charge in [0.05, 0.1) is 0 Å². The lowest BCUT2D eigenvalue weighted by Crippen LogP contribution is -2.52. The number of benzene rings is 1. The van der Waals surface area contributed by atoms with Gasteiger partial charge in [-0.15, -0.1) is 0 Å². The summed E-state index contributed by atoms with van der Waals surface area (Å²) in [6.45, 7) is 6.08. The number of hydrogen-bond donors (Lipinski definition) is 2. The van der Waals surface area contributed by atoms with E-state index in [9.17, 15) is 9.59 Å². The van der Waals surface area contributed by atoms with Crippen LogP contribution in [0.5, 0.6) is 0 Å². The molecule has 2 rings (SSSR count). The van der Waals surface area contributed by atoms with Gasteiger partial charge >= 0.3 is 6.03 Å². The van der Waals surface area contributed by atoms with Crippen molar-refractivity contribution in [1.29, 1.82) is 0 Å². The predicted octanol–water partition coefficient (Wildman–Crippen LogP) is 2.13. The molecule has 3 amide bonds. The maximum absolute atomic E-state index is 12.5. The van der Waals surface area contributed by atoms with Gasteiger partial charge in [0.15, 0.2) is 0 Å². The molecule has 0 bridgehead atoms. The molecule has 2 atom stereocenters. The van der Waals surface area contributed by atoms with Gasteiger partial charge in [-0.05, 0) is 37.6 Å². The van der Waals surface area contributed by atoms with Crippen molar-refractivity contribution in [3.63, 3.8) is 0 Å². The Labute approximate surface area is 144 Å². The molecule has 0 aliphatic carbocycles. The number of carbonyl (C=O) groups is 2. The minimum atomic E-state index is -0.119. The van der Waals surface area contributed by atoms with E-state index in [0.717, 1.165) is 30.8 Å². The van der Waals surface area contributed by atoms with Crippen LogP contribution >= 0.6 is 0 Å². The van der Waals surface area contributed by atoms with Crippen LogP contribution in [0.1, 0.15) is 25.8 Å². The highest BCUT2D eigenvalue weighted by Crippen LogP contribution is 2.20. The van der Waals surface area contributed by atoms with Gasteiger partial charge in [0, 0.05) is 38.8 Å². The molecular weight excluding hydrogens is 304 g/mol. The van der Waals surface area contributed by atoms with Crippen molar-refractivity contribution in [2.75, 3.05) is 32.5 Å². The van der Waals surface area contributed by atoms with Crippen LogP contribution < -0.4 is 10.6 Å². The summed E-state index contributed by atoms with van der Waals surface area (Å²) in [6.07, 6.45) is 0.990. The Bertz CT molecular complexity index is 590. The van der Waals surface area contributed by atoms with Crippen molar-refractivity contribution in [1.82, 2.24) is 15.1 Å². The van der Waals surface area contributed by atoms with Crippen LogP contribution in [-0.2, 0) is 11.3 Å². The third-order valence-electron chi connectivity index (χ3n) is 4.64. The smallest absolute Gasteiger partial charge is 0.317 e. The van der Waals surface area contributed by atoms with E-state index < -0.39 is 0 Å². The number of anilines is 1. The topological polar surface area (TPSA) is 64.7 Å². The number of urea groups is 1. The van der Waals surface area contributed by atoms with Crippen molar-refractivity contribution in [3.05, 3.63) is 29.8 Å². The first-order valence-electron chi connectivity index (χ1n) is 8.43. The van der Waals surface area contributed by atoms with Crippen LogP contribution in [0, 0.1) is 5.92 Å². The highest BCUT2D eigenvalue weighted by Gasteiger charge is 2.29. The molecule has 0 unspecified atom stereocenters. The molecule has 6 heteroatoms. The van der Waals surface area contributed by atoms with Crippen molar-refractivity contribution in [2.45, 2.75) is 32.9 Å². The summed E-state index contributed by atoms with van der Waals surface area (Å²) in [4.78, 5) is 27.9. The van der Waals surface area contributed by atoms with Gasteiger partial charge in [-0.2, -0.15) is 0 Å². The first kappa shape index (κ1) is 18.3. The van der Waals surface area contributed by atoms with E-state index in [-0.39, 0.29) is 18.0 Å². The Hall–Kier alpha value is -2.08. The lowest BCUT2D eigenvalue weighted by atomic mass is 9.93. The van der Waals surface area contributed by atoms with Crippen molar-refractivity contribution in [2.24, 2.45) is 5.92 Å². The molecule has 0 spiro atoms. The van der Waals surface area contributed by atoms with Crippen molar-refractivity contribution < 1.29 is 9.59 Å². The molecule has 1 saturated heterocycles. The van der Waals surface area contributed by atoms with Gasteiger partial charge in [0.2, 0.25) is 5.91 Å². The summed E-state index contributed by atoms with van der Waals surface area (Å²) in [5.41, 5.74) is 1.63. The lowest BCUT2D eigenvalue weighted by molar-refractivity contribution is -0.114. The molecule has 1 aliphatic heterocycles. The van der Waals surface area contributed by atoms with Gasteiger partial charge in [-0.25, -0.2) is 4.79 Å². The number of para-hydroxylation sites is 1. The summed E-state index contributed by atoms with van der Waals surface area (Å²) in [5, 5.41) is 5.76. The summed E-state index contributed by atoms with van der Waals surface area (Å²) < 4.78 is 0. The standard InChI is InChI=1S/C18H28N4O2/c1-13-12-21(3)10-9-17(13)22(4)18(24)19-11-15-7-5-6-8-16(15)20-14(2)23/h5-8,13,17H,9-12H2,1-4H3,(H,19,24)(H,20,23)/t13-,17-/m1/s1. The van der Waals surface area contributed by atoms with Crippen LogP contribution in [0.25, 0.3) is 0 Å². The van der Waals surface area contributed by atoms with E-state index in [0.29, 0.717) is 12.5 Å². The first-order valence-corrected chi connectivity index (χ1v) is 8.43. The van der Waals surface area contributed by atoms with Crippen LogP contribution in [0.3, 0.4) is 0 Å². The van der Waals surface area contributed by atoms with Crippen LogP contribution in [0.15, 0.2) is 24.3 Å². The molecule has 1 aliphatic rings. The van der Waals surface area contributed by atoms with Gasteiger partial charge in [-0.1, -0.05) is 25.1 Å². The third-order valence-corrected chi connectivity index (χ3v) is 4.64. The zero-order valence-electron chi connectivity index (χ0n) is 15.0. The van der Waals surface area contributed by atoms with E-state index in [1.165, 1.54) is 6.92 Å². The molecule has 6 nitrogen and oxygen atoms in total. The fourth-order valence-corrected chi connectivity index (χ4v) is 3.35. The molecule has 1 heterocycles. The summed E-state index contributed by atoms with van der Waals surface area (Å²) >= 11 is 0. The average Bonchev–Trinajstić information content (AvgIpc) is 2.52. The van der Waals surface area contributed by atoms with Crippen LogP contribution in [-0.4, -0.2) is 55.0 Å². The number of piperidine rings is 1. The highest BCUT2D eigenvalue weighted by atomic mass is 16.2. The number of likely N-dealkylation sites (tertiary alicyclic amines) is 1. The zero-order chi connectivity index (χ0) is 17.7. The molecule has 0 saturated carbocycles. The van der Waals surface area contributed by atoms with Crippen molar-refractivity contribution >= 4 is 17.6 Å². The molecular formula is C18H28N4O2. The Morgan fingerprint density at radius 3 is 2.71 bits per heavy atom. The molecule has 1 aromatic rings. The van der Waals surface area contributed by atoms with Crippen LogP contribution in [0.2, 0.25) is 0 Å². The maximum Gasteiger partial charge on any atom is 0.317 e. The minimum absolute atomic E-state index is 0.0750. The van der Waals surface area contributed by atoms with Gasteiger partial charge in [-0.3, -0.25) is 4.79 Å². The van der Waals surface area contributed by atoms with E-state index in [1.807, 2.05) is 36.2 Å². The zero-order valence-corrected chi connectivity index (χ0v) is 15.0. The molecule has 132 valence electrons. The second-order valence-electron chi connectivity index (χ2n) is 6.70. The van der Waals surface area contributed by atoms with E-state index in [2.05, 4.69) is 29.5 Å². The second-order valence-corrected chi connectivity index (χ2v) is 6.70. The SMILES string of the molecule is CC(=O)Nc1ccccc1CNC(=O)N(C)[C@@H]1CCN(C)C[C@H]1C. The quantitative estimate of drug-likeness (QED) is 0.888. The average molecular weight is 332 g/mol. The molecule has 24 heavy (non-hydrogen) atoms. The largest absolute Gasteiger partial charge is 0.334 e. The van der Waals surface area contributed by atoms with E-state index in [1.54, 1.807) is 0 Å². The number of rotatable bonds is 4. The molecule has 1 aromatic carbocycles. The normalized spacial score (nSPS) is 21.2. The summed E-state index contributed by atoms with van der Waals surface area (Å²) in [5.74, 6) is 0.331. The predicted molar refractivity (Wildman–Crippen MR) is 95.8 cm³/mol. The maximum atomic E-state index is 12.5. The number of nitrogens with zero attached hydrogens (tertiary/aromatic N) is 2. The first-order chi connectivity index (χ1) is 11.4. The Morgan fingerprint density at radius 2 is 2.04 bits per heavy atom. The minimum Gasteiger partial charge on any atom is -0.334 e. The molecule has 0 aromatic heterocycles. The molecule has 0 radical (unpaired) electrons. The monoisotopic (exact) mass is 332 g/mol. The van der Waals surface area contributed by atoms with Gasteiger partial charge in [0.25, 0.3) is 0 Å². The van der Waals surface area contributed by atoms with Crippen molar-refractivity contribution in [3.8, 4) is 0 Å². The fraction of sp³-hybridized carbons (Fsp3) is 0.556. The summed E-state index contributed by atoms with van der Waals surface area (Å²) in [7, 11) is 3.98. The Morgan fingerprint density at radius 1 is 1.33 bits per heavy atom. The number of hydrogen-bond acceptors (Lipinski definition) is 3. The van der Waals surface area contributed by atoms with Crippen LogP contribution in [0.4, 0.5) is 10.5 Å².